The summed E-state index contributed by atoms with van der Waals surface area (Å²) in [7, 11) is 0. The van der Waals surface area contributed by atoms with E-state index in [-0.39, 0.29) is 11.9 Å². The van der Waals surface area contributed by atoms with E-state index in [2.05, 4.69) is 36.5 Å². The zero-order chi connectivity index (χ0) is 15.2. The van der Waals surface area contributed by atoms with Crippen LogP contribution in [0.1, 0.15) is 36.1 Å². The molecular weight excluding hydrogens is 285 g/mol. The van der Waals surface area contributed by atoms with Gasteiger partial charge in [-0.2, -0.15) is 0 Å². The summed E-state index contributed by atoms with van der Waals surface area (Å²) < 4.78 is 14.1. The highest BCUT2D eigenvalue weighted by Gasteiger charge is 2.15. The Labute approximate surface area is 131 Å². The van der Waals surface area contributed by atoms with Crippen LogP contribution >= 0.6 is 11.6 Å². The van der Waals surface area contributed by atoms with Crippen molar-refractivity contribution in [1.29, 1.82) is 0 Å². The zero-order valence-electron chi connectivity index (χ0n) is 12.5. The van der Waals surface area contributed by atoms with Gasteiger partial charge in [-0.3, -0.25) is 0 Å². The molecule has 1 nitrogen and oxygen atoms in total. The molecule has 1 unspecified atom stereocenters. The molecule has 0 fully saturated rings. The van der Waals surface area contributed by atoms with Gasteiger partial charge in [0.15, 0.2) is 0 Å². The van der Waals surface area contributed by atoms with Gasteiger partial charge in [-0.05, 0) is 44.0 Å². The molecular formula is C18H21ClFN. The second-order valence-corrected chi connectivity index (χ2v) is 5.74. The first kappa shape index (κ1) is 16.0. The fourth-order valence-corrected chi connectivity index (χ4v) is 2.74. The van der Waals surface area contributed by atoms with Crippen LogP contribution in [-0.4, -0.2) is 6.54 Å². The fraction of sp³-hybridized carbons (Fsp3) is 0.333. The second kappa shape index (κ2) is 7.58. The maximum absolute atomic E-state index is 14.1. The van der Waals surface area contributed by atoms with Gasteiger partial charge in [0.1, 0.15) is 5.82 Å². The Morgan fingerprint density at radius 3 is 2.67 bits per heavy atom. The van der Waals surface area contributed by atoms with E-state index >= 15 is 0 Å². The van der Waals surface area contributed by atoms with Crippen LogP contribution in [0.3, 0.4) is 0 Å². The lowest BCUT2D eigenvalue weighted by Gasteiger charge is -2.19. The van der Waals surface area contributed by atoms with Crippen molar-refractivity contribution in [1.82, 2.24) is 5.32 Å². The molecule has 0 aliphatic heterocycles. The van der Waals surface area contributed by atoms with Crippen LogP contribution in [0, 0.1) is 12.7 Å². The third kappa shape index (κ3) is 4.55. The van der Waals surface area contributed by atoms with E-state index in [9.17, 15) is 4.39 Å². The second-order valence-electron chi connectivity index (χ2n) is 5.30. The minimum Gasteiger partial charge on any atom is -0.310 e. The molecule has 2 aromatic rings. The van der Waals surface area contributed by atoms with Gasteiger partial charge in [-0.15, -0.1) is 0 Å². The number of rotatable bonds is 6. The summed E-state index contributed by atoms with van der Waals surface area (Å²) >= 11 is 5.83. The molecule has 0 bridgehead atoms. The molecule has 0 saturated carbocycles. The smallest absolute Gasteiger partial charge is 0.129 e. The van der Waals surface area contributed by atoms with Gasteiger partial charge < -0.3 is 5.32 Å². The number of aryl methyl sites for hydroxylation is 2. The molecule has 2 aromatic carbocycles. The Morgan fingerprint density at radius 1 is 1.19 bits per heavy atom. The normalized spacial score (nSPS) is 12.4. The van der Waals surface area contributed by atoms with Crippen LogP contribution in [-0.2, 0) is 6.42 Å². The molecule has 0 heterocycles. The predicted molar refractivity (Wildman–Crippen MR) is 87.3 cm³/mol. The van der Waals surface area contributed by atoms with Crippen LogP contribution in [0.25, 0.3) is 0 Å². The Balaban J connectivity index is 2.12. The van der Waals surface area contributed by atoms with Crippen molar-refractivity contribution < 1.29 is 4.39 Å². The van der Waals surface area contributed by atoms with Crippen molar-refractivity contribution >= 4 is 11.6 Å². The number of hydrogen-bond acceptors (Lipinski definition) is 1. The van der Waals surface area contributed by atoms with Crippen LogP contribution in [0.15, 0.2) is 42.5 Å². The standard InChI is InChI=1S/C18H21ClFN/c1-3-21-18(16-9-8-15(19)12-17(16)20)10-7-14-6-4-5-13(2)11-14/h4-6,8-9,11-12,18,21H,3,7,10H2,1-2H3. The van der Waals surface area contributed by atoms with Crippen LogP contribution in [0.4, 0.5) is 4.39 Å². The Kier molecular flexibility index (Phi) is 5.77. The van der Waals surface area contributed by atoms with E-state index in [1.54, 1.807) is 12.1 Å². The van der Waals surface area contributed by atoms with Gasteiger partial charge in [-0.1, -0.05) is 54.4 Å². The first-order valence-electron chi connectivity index (χ1n) is 7.34. The van der Waals surface area contributed by atoms with Gasteiger partial charge >= 0.3 is 0 Å². The average Bonchev–Trinajstić information content (AvgIpc) is 2.44. The first-order chi connectivity index (χ1) is 10.1. The molecule has 0 aromatic heterocycles. The van der Waals surface area contributed by atoms with E-state index in [1.807, 2.05) is 6.92 Å². The predicted octanol–water partition coefficient (Wildman–Crippen LogP) is 5.07. The molecule has 2 rings (SSSR count). The van der Waals surface area contributed by atoms with Crippen molar-refractivity contribution in [2.24, 2.45) is 0 Å². The molecule has 1 N–H and O–H groups in total. The molecule has 0 amide bonds. The van der Waals surface area contributed by atoms with Crippen molar-refractivity contribution in [3.8, 4) is 0 Å². The first-order valence-corrected chi connectivity index (χ1v) is 7.72. The van der Waals surface area contributed by atoms with E-state index in [1.165, 1.54) is 17.2 Å². The lowest BCUT2D eigenvalue weighted by atomic mass is 9.98. The monoisotopic (exact) mass is 305 g/mol. The van der Waals surface area contributed by atoms with Gasteiger partial charge in [0.25, 0.3) is 0 Å². The number of nitrogens with one attached hydrogen (secondary N) is 1. The van der Waals surface area contributed by atoms with Crippen molar-refractivity contribution in [2.75, 3.05) is 6.54 Å². The summed E-state index contributed by atoms with van der Waals surface area (Å²) in [6, 6.07) is 13.4. The maximum atomic E-state index is 14.1. The minimum absolute atomic E-state index is 0.00720. The lowest BCUT2D eigenvalue weighted by Crippen LogP contribution is -2.22. The lowest BCUT2D eigenvalue weighted by molar-refractivity contribution is 0.485. The average molecular weight is 306 g/mol. The van der Waals surface area contributed by atoms with E-state index in [0.29, 0.717) is 10.6 Å². The summed E-state index contributed by atoms with van der Waals surface area (Å²) in [5.41, 5.74) is 3.23. The molecule has 0 radical (unpaired) electrons. The minimum atomic E-state index is -0.238. The van der Waals surface area contributed by atoms with Gasteiger partial charge in [0.05, 0.1) is 0 Å². The van der Waals surface area contributed by atoms with Gasteiger partial charge in [0.2, 0.25) is 0 Å². The molecule has 1 atom stereocenters. The molecule has 21 heavy (non-hydrogen) atoms. The van der Waals surface area contributed by atoms with Gasteiger partial charge in [-0.25, -0.2) is 4.39 Å². The van der Waals surface area contributed by atoms with Crippen LogP contribution < -0.4 is 5.32 Å². The van der Waals surface area contributed by atoms with Gasteiger partial charge in [0, 0.05) is 16.6 Å². The zero-order valence-corrected chi connectivity index (χ0v) is 13.3. The maximum Gasteiger partial charge on any atom is 0.129 e. The summed E-state index contributed by atoms with van der Waals surface area (Å²) in [6.45, 7) is 4.93. The number of hydrogen-bond donors (Lipinski definition) is 1. The Hall–Kier alpha value is -1.38. The molecule has 112 valence electrons. The Bertz CT molecular complexity index is 598. The summed E-state index contributed by atoms with van der Waals surface area (Å²) in [6.07, 6.45) is 1.78. The van der Waals surface area contributed by atoms with E-state index < -0.39 is 0 Å². The summed E-state index contributed by atoms with van der Waals surface area (Å²) in [4.78, 5) is 0. The van der Waals surface area contributed by atoms with Crippen LogP contribution in [0.5, 0.6) is 0 Å². The molecule has 3 heteroatoms. The van der Waals surface area contributed by atoms with Crippen molar-refractivity contribution in [2.45, 2.75) is 32.7 Å². The number of benzene rings is 2. The van der Waals surface area contributed by atoms with Crippen molar-refractivity contribution in [3.63, 3.8) is 0 Å². The third-order valence-electron chi connectivity index (χ3n) is 3.59. The summed E-state index contributed by atoms with van der Waals surface area (Å²) in [5.74, 6) is -0.238. The molecule has 0 aliphatic carbocycles. The molecule has 0 spiro atoms. The van der Waals surface area contributed by atoms with Crippen LogP contribution in [0.2, 0.25) is 5.02 Å². The highest BCUT2D eigenvalue weighted by molar-refractivity contribution is 6.30. The highest BCUT2D eigenvalue weighted by atomic mass is 35.5. The molecule has 0 aliphatic rings. The SMILES string of the molecule is CCNC(CCc1cccc(C)c1)c1ccc(Cl)cc1F. The summed E-state index contributed by atoms with van der Waals surface area (Å²) in [5, 5.41) is 3.80. The fourth-order valence-electron chi connectivity index (χ4n) is 2.58. The highest BCUT2D eigenvalue weighted by Crippen LogP contribution is 2.24. The third-order valence-corrected chi connectivity index (χ3v) is 3.83. The Morgan fingerprint density at radius 2 is 2.00 bits per heavy atom. The van der Waals surface area contributed by atoms with E-state index in [4.69, 9.17) is 11.6 Å². The van der Waals surface area contributed by atoms with E-state index in [0.717, 1.165) is 19.4 Å². The number of halogens is 2. The largest absolute Gasteiger partial charge is 0.310 e. The topological polar surface area (TPSA) is 12.0 Å². The van der Waals surface area contributed by atoms with Crippen molar-refractivity contribution in [3.05, 3.63) is 70.0 Å². The quantitative estimate of drug-likeness (QED) is 0.785. The molecule has 0 saturated heterocycles.